The Bertz CT molecular complexity index is 1670. The van der Waals surface area contributed by atoms with Crippen molar-refractivity contribution in [1.29, 1.82) is 0 Å². The van der Waals surface area contributed by atoms with Crippen LogP contribution in [0.1, 0.15) is 10.4 Å². The minimum absolute atomic E-state index is 0.0348. The Balaban J connectivity index is 1.51. The Morgan fingerprint density at radius 2 is 1.68 bits per heavy atom. The van der Waals surface area contributed by atoms with Gasteiger partial charge in [-0.3, -0.25) is 9.59 Å². The average molecular weight is 515 g/mol. The first-order valence-corrected chi connectivity index (χ1v) is 12.9. The lowest BCUT2D eigenvalue weighted by Gasteiger charge is -2.34. The fourth-order valence-electron chi connectivity index (χ4n) is 5.75. The zero-order valence-corrected chi connectivity index (χ0v) is 21.1. The highest BCUT2D eigenvalue weighted by molar-refractivity contribution is 6.03. The molecule has 0 spiro atoms. The molecule has 38 heavy (non-hydrogen) atoms. The summed E-state index contributed by atoms with van der Waals surface area (Å²) in [6.07, 6.45) is 1.62. The SMILES string of the molecule is CN1CCN(C(=O)c2cn3c4c(c(N5CCOCC5)c(F)cc4c2=O)Oc2c-3ccc3ccccc23)CC1. The quantitative estimate of drug-likeness (QED) is 0.359. The van der Waals surface area contributed by atoms with Gasteiger partial charge in [-0.25, -0.2) is 4.39 Å². The number of fused-ring (bicyclic) bond motifs is 4. The maximum Gasteiger partial charge on any atom is 0.259 e. The van der Waals surface area contributed by atoms with Crippen molar-refractivity contribution in [3.8, 4) is 17.2 Å². The van der Waals surface area contributed by atoms with E-state index in [1.54, 1.807) is 11.1 Å². The van der Waals surface area contributed by atoms with Gasteiger partial charge >= 0.3 is 0 Å². The van der Waals surface area contributed by atoms with E-state index in [9.17, 15) is 9.59 Å². The molecule has 0 saturated carbocycles. The van der Waals surface area contributed by atoms with Crippen molar-refractivity contribution >= 4 is 33.3 Å². The second-order valence-electron chi connectivity index (χ2n) is 10.1. The third kappa shape index (κ3) is 3.49. The number of hydrogen-bond donors (Lipinski definition) is 0. The van der Waals surface area contributed by atoms with Gasteiger partial charge in [0.1, 0.15) is 16.8 Å². The zero-order valence-electron chi connectivity index (χ0n) is 21.1. The highest BCUT2D eigenvalue weighted by Gasteiger charge is 2.33. The van der Waals surface area contributed by atoms with Crippen LogP contribution in [0.4, 0.5) is 10.1 Å². The Hall–Kier alpha value is -3.95. The highest BCUT2D eigenvalue weighted by Crippen LogP contribution is 2.48. The molecule has 4 heterocycles. The van der Waals surface area contributed by atoms with Crippen molar-refractivity contribution in [3.05, 3.63) is 70.3 Å². The number of halogens is 1. The van der Waals surface area contributed by atoms with Crippen LogP contribution in [0.25, 0.3) is 27.4 Å². The second kappa shape index (κ2) is 8.82. The molecule has 194 valence electrons. The Kier molecular flexibility index (Phi) is 5.38. The van der Waals surface area contributed by atoms with Crippen molar-refractivity contribution in [2.45, 2.75) is 0 Å². The normalized spacial score (nSPS) is 17.5. The van der Waals surface area contributed by atoms with Gasteiger partial charge in [0.2, 0.25) is 5.43 Å². The molecule has 1 amide bonds. The number of piperazine rings is 1. The molecule has 3 aromatic carbocycles. The minimum atomic E-state index is -0.550. The number of morpholine rings is 1. The van der Waals surface area contributed by atoms with Gasteiger partial charge in [0, 0.05) is 50.9 Å². The van der Waals surface area contributed by atoms with Gasteiger partial charge in [-0.2, -0.15) is 0 Å². The smallest absolute Gasteiger partial charge is 0.259 e. The van der Waals surface area contributed by atoms with Crippen LogP contribution in [0.3, 0.4) is 0 Å². The number of hydrogen-bond acceptors (Lipinski definition) is 6. The van der Waals surface area contributed by atoms with Crippen molar-refractivity contribution < 1.29 is 18.7 Å². The van der Waals surface area contributed by atoms with E-state index in [2.05, 4.69) is 4.90 Å². The summed E-state index contributed by atoms with van der Waals surface area (Å²) in [5.74, 6) is -0.0205. The van der Waals surface area contributed by atoms with Crippen LogP contribution >= 0.6 is 0 Å². The number of amides is 1. The van der Waals surface area contributed by atoms with Gasteiger partial charge in [-0.15, -0.1) is 0 Å². The summed E-state index contributed by atoms with van der Waals surface area (Å²) in [5, 5.41) is 1.98. The number of likely N-dealkylation sites (N-methyl/N-ethyl adjacent to an activating group) is 1. The summed E-state index contributed by atoms with van der Waals surface area (Å²) >= 11 is 0. The van der Waals surface area contributed by atoms with Crippen molar-refractivity contribution in [2.24, 2.45) is 0 Å². The van der Waals surface area contributed by atoms with Gasteiger partial charge in [-0.05, 0) is 24.6 Å². The summed E-state index contributed by atoms with van der Waals surface area (Å²) in [7, 11) is 2.01. The standard InChI is InChI=1S/C29H27FN4O4/c1-31-8-10-33(11-9-31)29(36)21-17-34-23-7-6-18-4-2-3-5-19(18)27(23)38-28-24(34)20(26(21)35)16-22(30)25(28)32-12-14-37-15-13-32/h2-7,16-17H,8-15H2,1H3. The molecule has 1 aromatic heterocycles. The molecular formula is C29H27FN4O4. The molecule has 3 aliphatic rings. The third-order valence-corrected chi connectivity index (χ3v) is 7.84. The van der Waals surface area contributed by atoms with Crippen molar-refractivity contribution in [3.63, 3.8) is 0 Å². The maximum absolute atomic E-state index is 15.9. The molecule has 9 heteroatoms. The fourth-order valence-corrected chi connectivity index (χ4v) is 5.75. The number of pyridine rings is 1. The van der Waals surface area contributed by atoms with Gasteiger partial charge in [0.15, 0.2) is 17.3 Å². The molecule has 0 aliphatic carbocycles. The summed E-state index contributed by atoms with van der Waals surface area (Å²) in [5.41, 5.74) is 1.03. The summed E-state index contributed by atoms with van der Waals surface area (Å²) in [4.78, 5) is 33.1. The van der Waals surface area contributed by atoms with E-state index in [0.29, 0.717) is 67.8 Å². The predicted molar refractivity (Wildman–Crippen MR) is 144 cm³/mol. The molecule has 0 N–H and O–H groups in total. The number of benzene rings is 3. The van der Waals surface area contributed by atoms with Crippen LogP contribution in [0.15, 0.2) is 53.5 Å². The van der Waals surface area contributed by atoms with Crippen molar-refractivity contribution in [2.75, 3.05) is 64.4 Å². The number of nitrogens with zero attached hydrogens (tertiary/aromatic N) is 4. The van der Waals surface area contributed by atoms with E-state index in [-0.39, 0.29) is 16.9 Å². The lowest BCUT2D eigenvalue weighted by molar-refractivity contribution is 0.0662. The number of ether oxygens (including phenoxy) is 2. The molecule has 4 aromatic rings. The van der Waals surface area contributed by atoms with E-state index < -0.39 is 11.2 Å². The molecule has 8 nitrogen and oxygen atoms in total. The molecular weight excluding hydrogens is 487 g/mol. The first-order valence-electron chi connectivity index (χ1n) is 12.9. The Morgan fingerprint density at radius 3 is 2.47 bits per heavy atom. The molecule has 2 saturated heterocycles. The topological polar surface area (TPSA) is 67.2 Å². The van der Waals surface area contributed by atoms with Gasteiger partial charge in [0.05, 0.1) is 24.3 Å². The van der Waals surface area contributed by atoms with Crippen LogP contribution in [-0.2, 0) is 4.74 Å². The van der Waals surface area contributed by atoms with Crippen LogP contribution < -0.4 is 15.1 Å². The third-order valence-electron chi connectivity index (χ3n) is 7.84. The number of aromatic nitrogens is 1. The largest absolute Gasteiger partial charge is 0.450 e. The van der Waals surface area contributed by atoms with Crippen LogP contribution in [0.2, 0.25) is 0 Å². The predicted octanol–water partition coefficient (Wildman–Crippen LogP) is 3.61. The van der Waals surface area contributed by atoms with Gasteiger partial charge < -0.3 is 28.7 Å². The van der Waals surface area contributed by atoms with Crippen LogP contribution in [-0.4, -0.2) is 79.8 Å². The molecule has 0 atom stereocenters. The van der Waals surface area contributed by atoms with Gasteiger partial charge in [0.25, 0.3) is 5.91 Å². The van der Waals surface area contributed by atoms with E-state index in [1.165, 1.54) is 6.07 Å². The summed E-state index contributed by atoms with van der Waals surface area (Å²) in [6.45, 7) is 4.50. The number of carbonyl (C=O) groups excluding carboxylic acids is 1. The molecule has 0 unspecified atom stereocenters. The zero-order chi connectivity index (χ0) is 26.0. The number of anilines is 1. The van der Waals surface area contributed by atoms with Crippen LogP contribution in [0.5, 0.6) is 11.5 Å². The first-order chi connectivity index (χ1) is 18.5. The molecule has 2 fully saturated rings. The molecule has 0 radical (unpaired) electrons. The Labute approximate surface area is 218 Å². The van der Waals surface area contributed by atoms with Crippen molar-refractivity contribution in [1.82, 2.24) is 14.4 Å². The van der Waals surface area contributed by atoms with Gasteiger partial charge in [-0.1, -0.05) is 30.3 Å². The summed E-state index contributed by atoms with van der Waals surface area (Å²) in [6, 6.07) is 13.0. The summed E-state index contributed by atoms with van der Waals surface area (Å²) < 4.78 is 29.8. The minimum Gasteiger partial charge on any atom is -0.450 e. The first kappa shape index (κ1) is 23.2. The molecule has 7 rings (SSSR count). The lowest BCUT2D eigenvalue weighted by Crippen LogP contribution is -2.48. The highest BCUT2D eigenvalue weighted by atomic mass is 19.1. The van der Waals surface area contributed by atoms with E-state index >= 15 is 4.39 Å². The number of carbonyl (C=O) groups is 1. The van der Waals surface area contributed by atoms with Crippen LogP contribution in [0, 0.1) is 5.82 Å². The Morgan fingerprint density at radius 1 is 0.921 bits per heavy atom. The van der Waals surface area contributed by atoms with E-state index in [0.717, 1.165) is 23.9 Å². The van der Waals surface area contributed by atoms with E-state index in [1.807, 2.05) is 52.9 Å². The lowest BCUT2D eigenvalue weighted by atomic mass is 10.0. The average Bonchev–Trinajstić information content (AvgIpc) is 2.94. The second-order valence-corrected chi connectivity index (χ2v) is 10.1. The monoisotopic (exact) mass is 514 g/mol. The fraction of sp³-hybridized carbons (Fsp3) is 0.310. The maximum atomic E-state index is 15.9. The molecule has 3 aliphatic heterocycles. The number of rotatable bonds is 2. The molecule has 0 bridgehead atoms. The van der Waals surface area contributed by atoms with E-state index in [4.69, 9.17) is 9.47 Å².